The molecule has 11 heteroatoms. The molecule has 0 heterocycles. The number of benzene rings is 2. The second kappa shape index (κ2) is 11.6. The van der Waals surface area contributed by atoms with Crippen LogP contribution in [-0.4, -0.2) is 50.0 Å². The number of hydrogen-bond donors (Lipinski definition) is 1. The van der Waals surface area contributed by atoms with Crippen LogP contribution in [0.4, 0.5) is 14.5 Å². The van der Waals surface area contributed by atoms with Gasteiger partial charge in [0.2, 0.25) is 21.8 Å². The maximum absolute atomic E-state index is 13.8. The van der Waals surface area contributed by atoms with Crippen LogP contribution in [0, 0.1) is 11.6 Å². The molecule has 2 aromatic carbocycles. The lowest BCUT2D eigenvalue weighted by molar-refractivity contribution is -0.139. The Balaban J connectivity index is 2.41. The minimum atomic E-state index is -4.05. The zero-order chi connectivity index (χ0) is 25.6. The number of halogens is 3. The van der Waals surface area contributed by atoms with Crippen molar-refractivity contribution in [3.63, 3.8) is 0 Å². The van der Waals surface area contributed by atoms with Crippen molar-refractivity contribution in [1.29, 1.82) is 0 Å². The summed E-state index contributed by atoms with van der Waals surface area (Å²) >= 11 is 6.05. The normalized spacial score (nSPS) is 13.1. The van der Waals surface area contributed by atoms with Crippen LogP contribution < -0.4 is 9.62 Å². The Morgan fingerprint density at radius 3 is 2.32 bits per heavy atom. The standard InChI is InChI=1S/C23H28ClF2N3O4S/c1-5-15(2)27-23(31)16(3)28(13-17-7-6-8-18(24)11-17)22(30)14-29(34(4,32)33)19-9-10-20(25)21(26)12-19/h6-12,15-16H,5,13-14H2,1-4H3,(H,27,31). The van der Waals surface area contributed by atoms with E-state index in [0.717, 1.165) is 18.4 Å². The van der Waals surface area contributed by atoms with E-state index in [2.05, 4.69) is 5.32 Å². The van der Waals surface area contributed by atoms with Crippen LogP contribution in [0.1, 0.15) is 32.8 Å². The summed E-state index contributed by atoms with van der Waals surface area (Å²) in [6, 6.07) is 8.15. The Morgan fingerprint density at radius 1 is 1.09 bits per heavy atom. The van der Waals surface area contributed by atoms with Crippen molar-refractivity contribution < 1.29 is 26.8 Å². The molecule has 2 aromatic rings. The summed E-state index contributed by atoms with van der Waals surface area (Å²) in [7, 11) is -4.05. The third-order valence-corrected chi connectivity index (χ3v) is 6.66. The van der Waals surface area contributed by atoms with Crippen LogP contribution in [0.15, 0.2) is 42.5 Å². The summed E-state index contributed by atoms with van der Waals surface area (Å²) in [5.74, 6) is -3.53. The van der Waals surface area contributed by atoms with Crippen LogP contribution >= 0.6 is 11.6 Å². The van der Waals surface area contributed by atoms with Crippen molar-refractivity contribution >= 4 is 39.1 Å². The van der Waals surface area contributed by atoms with Gasteiger partial charge in [0.15, 0.2) is 11.6 Å². The van der Waals surface area contributed by atoms with Crippen molar-refractivity contribution in [1.82, 2.24) is 10.2 Å². The molecular formula is C23H28ClF2N3O4S. The number of nitrogens with one attached hydrogen (secondary N) is 1. The molecule has 34 heavy (non-hydrogen) atoms. The topological polar surface area (TPSA) is 86.8 Å². The second-order valence-electron chi connectivity index (χ2n) is 8.01. The number of amides is 2. The Labute approximate surface area is 203 Å². The molecule has 1 N–H and O–H groups in total. The molecule has 2 unspecified atom stereocenters. The fourth-order valence-corrected chi connectivity index (χ4v) is 4.19. The van der Waals surface area contributed by atoms with E-state index in [1.165, 1.54) is 11.8 Å². The Bertz CT molecular complexity index is 1150. The molecule has 2 rings (SSSR count). The molecule has 7 nitrogen and oxygen atoms in total. The molecule has 0 fully saturated rings. The van der Waals surface area contributed by atoms with Crippen LogP contribution in [0.3, 0.4) is 0 Å². The summed E-state index contributed by atoms with van der Waals surface area (Å²) < 4.78 is 52.7. The predicted octanol–water partition coefficient (Wildman–Crippen LogP) is 3.72. The zero-order valence-corrected chi connectivity index (χ0v) is 21.0. The highest BCUT2D eigenvalue weighted by molar-refractivity contribution is 7.92. The average molecular weight is 516 g/mol. The summed E-state index contributed by atoms with van der Waals surface area (Å²) in [5.41, 5.74) is 0.414. The molecule has 186 valence electrons. The Hall–Kier alpha value is -2.72. The Morgan fingerprint density at radius 2 is 1.76 bits per heavy atom. The van der Waals surface area contributed by atoms with Gasteiger partial charge in [0.1, 0.15) is 12.6 Å². The highest BCUT2D eigenvalue weighted by Crippen LogP contribution is 2.22. The molecule has 0 aromatic heterocycles. The van der Waals surface area contributed by atoms with Gasteiger partial charge in [0.25, 0.3) is 0 Å². The van der Waals surface area contributed by atoms with Gasteiger partial charge in [-0.15, -0.1) is 0 Å². The minimum Gasteiger partial charge on any atom is -0.352 e. The van der Waals surface area contributed by atoms with Gasteiger partial charge in [0, 0.05) is 23.7 Å². The first-order valence-corrected chi connectivity index (χ1v) is 12.8. The first-order chi connectivity index (χ1) is 15.8. The second-order valence-corrected chi connectivity index (χ2v) is 10.4. The van der Waals surface area contributed by atoms with Gasteiger partial charge >= 0.3 is 0 Å². The lowest BCUT2D eigenvalue weighted by atomic mass is 10.1. The van der Waals surface area contributed by atoms with Gasteiger partial charge in [-0.1, -0.05) is 30.7 Å². The van der Waals surface area contributed by atoms with E-state index in [9.17, 15) is 26.8 Å². The van der Waals surface area contributed by atoms with E-state index in [0.29, 0.717) is 27.4 Å². The molecule has 0 aliphatic heterocycles. The molecule has 0 spiro atoms. The highest BCUT2D eigenvalue weighted by atomic mass is 35.5. The minimum absolute atomic E-state index is 0.0239. The first-order valence-electron chi connectivity index (χ1n) is 10.6. The maximum atomic E-state index is 13.8. The third-order valence-electron chi connectivity index (χ3n) is 5.28. The molecule has 0 aliphatic rings. The van der Waals surface area contributed by atoms with Gasteiger partial charge in [-0.05, 0) is 50.1 Å². The van der Waals surface area contributed by atoms with Crippen molar-refractivity contribution in [2.24, 2.45) is 0 Å². The SMILES string of the molecule is CCC(C)NC(=O)C(C)N(Cc1cccc(Cl)c1)C(=O)CN(c1ccc(F)c(F)c1)S(C)(=O)=O. The Kier molecular flexibility index (Phi) is 9.40. The molecule has 0 saturated carbocycles. The number of sulfonamides is 1. The number of carbonyl (C=O) groups excluding carboxylic acids is 2. The van der Waals surface area contributed by atoms with Crippen molar-refractivity contribution in [2.45, 2.75) is 45.8 Å². The molecule has 0 aliphatic carbocycles. The van der Waals surface area contributed by atoms with Gasteiger partial charge < -0.3 is 10.2 Å². The van der Waals surface area contributed by atoms with Gasteiger partial charge in [0.05, 0.1) is 11.9 Å². The summed E-state index contributed by atoms with van der Waals surface area (Å²) in [6.45, 7) is 4.51. The van der Waals surface area contributed by atoms with E-state index < -0.39 is 46.1 Å². The molecule has 0 radical (unpaired) electrons. The summed E-state index contributed by atoms with van der Waals surface area (Å²) in [6.07, 6.45) is 1.53. The molecule has 0 bridgehead atoms. The van der Waals surface area contributed by atoms with Gasteiger partial charge in [-0.3, -0.25) is 13.9 Å². The predicted molar refractivity (Wildman–Crippen MR) is 128 cm³/mol. The van der Waals surface area contributed by atoms with Crippen molar-refractivity contribution in [3.8, 4) is 0 Å². The smallest absolute Gasteiger partial charge is 0.244 e. The number of hydrogen-bond acceptors (Lipinski definition) is 4. The number of anilines is 1. The van der Waals surface area contributed by atoms with E-state index in [4.69, 9.17) is 11.6 Å². The van der Waals surface area contributed by atoms with E-state index in [1.807, 2.05) is 13.8 Å². The monoisotopic (exact) mass is 515 g/mol. The fraction of sp³-hybridized carbons (Fsp3) is 0.391. The van der Waals surface area contributed by atoms with Crippen molar-refractivity contribution in [3.05, 3.63) is 64.7 Å². The van der Waals surface area contributed by atoms with Gasteiger partial charge in [-0.25, -0.2) is 17.2 Å². The summed E-state index contributed by atoms with van der Waals surface area (Å²) in [5, 5.41) is 3.24. The largest absolute Gasteiger partial charge is 0.352 e. The molecule has 2 amide bonds. The molecular weight excluding hydrogens is 488 g/mol. The number of nitrogens with zero attached hydrogens (tertiary/aromatic N) is 2. The lowest BCUT2D eigenvalue weighted by Crippen LogP contribution is -2.52. The van der Waals surface area contributed by atoms with E-state index in [-0.39, 0.29) is 18.3 Å². The fourth-order valence-electron chi connectivity index (χ4n) is 3.13. The van der Waals surface area contributed by atoms with Crippen LogP contribution in [0.2, 0.25) is 5.02 Å². The molecule has 0 saturated heterocycles. The van der Waals surface area contributed by atoms with Gasteiger partial charge in [-0.2, -0.15) is 0 Å². The first kappa shape index (κ1) is 27.5. The molecule has 2 atom stereocenters. The van der Waals surface area contributed by atoms with Crippen molar-refractivity contribution in [2.75, 3.05) is 17.1 Å². The van der Waals surface area contributed by atoms with Crippen LogP contribution in [0.25, 0.3) is 0 Å². The van der Waals surface area contributed by atoms with Crippen LogP contribution in [-0.2, 0) is 26.2 Å². The number of carbonyl (C=O) groups is 2. The third kappa shape index (κ3) is 7.39. The zero-order valence-electron chi connectivity index (χ0n) is 19.4. The maximum Gasteiger partial charge on any atom is 0.244 e. The quantitative estimate of drug-likeness (QED) is 0.522. The van der Waals surface area contributed by atoms with E-state index >= 15 is 0 Å². The summed E-state index contributed by atoms with van der Waals surface area (Å²) in [4.78, 5) is 27.4. The average Bonchev–Trinajstić information content (AvgIpc) is 2.76. The van der Waals surface area contributed by atoms with Crippen LogP contribution in [0.5, 0.6) is 0 Å². The lowest BCUT2D eigenvalue weighted by Gasteiger charge is -2.32. The highest BCUT2D eigenvalue weighted by Gasteiger charge is 2.30. The van der Waals surface area contributed by atoms with E-state index in [1.54, 1.807) is 24.3 Å². The number of rotatable bonds is 10.